The lowest BCUT2D eigenvalue weighted by Crippen LogP contribution is -2.60. The van der Waals surface area contributed by atoms with E-state index in [1.807, 2.05) is 0 Å². The molecule has 0 radical (unpaired) electrons. The molecule has 106 valence electrons. The van der Waals surface area contributed by atoms with Crippen LogP contribution in [0.1, 0.15) is 46.5 Å². The van der Waals surface area contributed by atoms with Crippen molar-refractivity contribution in [3.63, 3.8) is 0 Å². The van der Waals surface area contributed by atoms with Crippen molar-refractivity contribution in [2.75, 3.05) is 32.8 Å². The van der Waals surface area contributed by atoms with E-state index >= 15 is 0 Å². The Balaban J connectivity index is 1.96. The molecule has 2 aliphatic heterocycles. The molecule has 0 bridgehead atoms. The summed E-state index contributed by atoms with van der Waals surface area (Å²) in [6, 6.07) is 1.41. The van der Waals surface area contributed by atoms with Crippen LogP contribution in [0, 0.1) is 5.41 Å². The fourth-order valence-electron chi connectivity index (χ4n) is 3.40. The maximum Gasteiger partial charge on any atom is 0.0496 e. The Bertz CT molecular complexity index is 265. The molecule has 0 aromatic carbocycles. The summed E-state index contributed by atoms with van der Waals surface area (Å²) in [6.07, 6.45) is 5.20. The lowest BCUT2D eigenvalue weighted by atomic mass is 9.86. The molecular formula is C15H30N2O. The summed E-state index contributed by atoms with van der Waals surface area (Å²) in [7, 11) is 0. The molecule has 3 atom stereocenters. The van der Waals surface area contributed by atoms with Crippen LogP contribution in [-0.4, -0.2) is 59.8 Å². The van der Waals surface area contributed by atoms with Crippen LogP contribution in [0.3, 0.4) is 0 Å². The highest BCUT2D eigenvalue weighted by atomic mass is 16.3. The van der Waals surface area contributed by atoms with Gasteiger partial charge in [0.15, 0.2) is 0 Å². The number of fused-ring (bicyclic) bond motifs is 1. The lowest BCUT2D eigenvalue weighted by molar-refractivity contribution is -0.0159. The topological polar surface area (TPSA) is 26.7 Å². The molecule has 0 aromatic rings. The first-order valence-corrected chi connectivity index (χ1v) is 7.67. The molecule has 2 fully saturated rings. The van der Waals surface area contributed by atoms with Crippen molar-refractivity contribution < 1.29 is 5.11 Å². The lowest BCUT2D eigenvalue weighted by Gasteiger charge is -2.49. The van der Waals surface area contributed by atoms with Crippen molar-refractivity contribution in [1.82, 2.24) is 9.80 Å². The number of aliphatic hydroxyl groups is 1. The third kappa shape index (κ3) is 3.06. The maximum absolute atomic E-state index is 9.60. The highest BCUT2D eigenvalue weighted by molar-refractivity contribution is 4.91. The molecule has 2 rings (SSSR count). The Hall–Kier alpha value is -0.120. The second kappa shape index (κ2) is 5.89. The number of piperazine rings is 1. The number of rotatable bonds is 4. The highest BCUT2D eigenvalue weighted by Gasteiger charge is 2.35. The van der Waals surface area contributed by atoms with Gasteiger partial charge in [0.1, 0.15) is 0 Å². The third-order valence-corrected chi connectivity index (χ3v) is 5.14. The molecule has 0 aliphatic carbocycles. The maximum atomic E-state index is 9.60. The molecule has 3 unspecified atom stereocenters. The van der Waals surface area contributed by atoms with Gasteiger partial charge in [0.2, 0.25) is 0 Å². The van der Waals surface area contributed by atoms with Crippen molar-refractivity contribution in [2.24, 2.45) is 5.41 Å². The first-order valence-electron chi connectivity index (χ1n) is 7.67. The van der Waals surface area contributed by atoms with E-state index in [9.17, 15) is 5.11 Å². The largest absolute Gasteiger partial charge is 0.396 e. The van der Waals surface area contributed by atoms with E-state index in [0.717, 1.165) is 19.0 Å². The van der Waals surface area contributed by atoms with Gasteiger partial charge < -0.3 is 5.11 Å². The zero-order valence-electron chi connectivity index (χ0n) is 12.4. The van der Waals surface area contributed by atoms with Crippen molar-refractivity contribution in [2.45, 2.75) is 58.5 Å². The summed E-state index contributed by atoms with van der Waals surface area (Å²) in [6.45, 7) is 11.8. The minimum atomic E-state index is 0.0745. The minimum Gasteiger partial charge on any atom is -0.396 e. The summed E-state index contributed by atoms with van der Waals surface area (Å²) >= 11 is 0. The van der Waals surface area contributed by atoms with E-state index in [2.05, 4.69) is 30.6 Å². The molecule has 18 heavy (non-hydrogen) atoms. The predicted molar refractivity (Wildman–Crippen MR) is 75.7 cm³/mol. The Kier molecular flexibility index (Phi) is 4.68. The fourth-order valence-corrected chi connectivity index (χ4v) is 3.40. The second-order valence-corrected chi connectivity index (χ2v) is 6.75. The summed E-state index contributed by atoms with van der Waals surface area (Å²) < 4.78 is 0. The molecule has 0 amide bonds. The van der Waals surface area contributed by atoms with Gasteiger partial charge in [0.05, 0.1) is 0 Å². The van der Waals surface area contributed by atoms with Gasteiger partial charge >= 0.3 is 0 Å². The summed E-state index contributed by atoms with van der Waals surface area (Å²) in [4.78, 5) is 5.30. The molecule has 3 heteroatoms. The number of hydrogen-bond donors (Lipinski definition) is 1. The summed E-state index contributed by atoms with van der Waals surface area (Å²) in [5, 5.41) is 9.60. The molecule has 3 nitrogen and oxygen atoms in total. The smallest absolute Gasteiger partial charge is 0.0496 e. The van der Waals surface area contributed by atoms with E-state index in [1.165, 1.54) is 38.9 Å². The second-order valence-electron chi connectivity index (χ2n) is 6.75. The van der Waals surface area contributed by atoms with Gasteiger partial charge in [0.25, 0.3) is 0 Å². The van der Waals surface area contributed by atoms with Crippen LogP contribution in [-0.2, 0) is 0 Å². The average molecular weight is 254 g/mol. The molecule has 2 saturated heterocycles. The molecular weight excluding hydrogens is 224 g/mol. The van der Waals surface area contributed by atoms with Crippen LogP contribution in [0.4, 0.5) is 0 Å². The summed E-state index contributed by atoms with van der Waals surface area (Å²) in [5.41, 5.74) is 0.0745. The third-order valence-electron chi connectivity index (χ3n) is 5.14. The molecule has 0 aromatic heterocycles. The monoisotopic (exact) mass is 254 g/mol. The Morgan fingerprint density at radius 3 is 2.72 bits per heavy atom. The SMILES string of the molecule is CCC(C)(CO)CN1CC2CCCCN2CC1C. The van der Waals surface area contributed by atoms with Crippen LogP contribution < -0.4 is 0 Å². The van der Waals surface area contributed by atoms with Gasteiger partial charge in [-0.1, -0.05) is 20.3 Å². The number of piperidine rings is 1. The van der Waals surface area contributed by atoms with Crippen molar-refractivity contribution >= 4 is 0 Å². The molecule has 2 aliphatic rings. The Labute approximate surface area is 112 Å². The van der Waals surface area contributed by atoms with Crippen molar-refractivity contribution in [1.29, 1.82) is 0 Å². The number of aliphatic hydroxyl groups excluding tert-OH is 1. The minimum absolute atomic E-state index is 0.0745. The van der Waals surface area contributed by atoms with Crippen molar-refractivity contribution in [3.8, 4) is 0 Å². The van der Waals surface area contributed by atoms with E-state index < -0.39 is 0 Å². The standard InChI is InChI=1S/C15H30N2O/c1-4-15(3,12-18)11-17-10-14-7-5-6-8-16(14)9-13(17)2/h13-14,18H,4-12H2,1-3H3. The summed E-state index contributed by atoms with van der Waals surface area (Å²) in [5.74, 6) is 0. The van der Waals surface area contributed by atoms with Gasteiger partial charge in [-0.2, -0.15) is 0 Å². The van der Waals surface area contributed by atoms with E-state index in [0.29, 0.717) is 12.6 Å². The fraction of sp³-hybridized carbons (Fsp3) is 1.00. The van der Waals surface area contributed by atoms with Crippen molar-refractivity contribution in [3.05, 3.63) is 0 Å². The zero-order chi connectivity index (χ0) is 13.2. The molecule has 2 heterocycles. The van der Waals surface area contributed by atoms with Crippen LogP contribution in [0.5, 0.6) is 0 Å². The Morgan fingerprint density at radius 2 is 2.06 bits per heavy atom. The Morgan fingerprint density at radius 1 is 1.28 bits per heavy atom. The van der Waals surface area contributed by atoms with Gasteiger partial charge in [-0.05, 0) is 32.7 Å². The van der Waals surface area contributed by atoms with Crippen LogP contribution >= 0.6 is 0 Å². The molecule has 1 N–H and O–H groups in total. The predicted octanol–water partition coefficient (Wildman–Crippen LogP) is 1.95. The first kappa shape index (κ1) is 14.3. The van der Waals surface area contributed by atoms with Gasteiger partial charge in [-0.25, -0.2) is 0 Å². The first-order chi connectivity index (χ1) is 8.58. The van der Waals surface area contributed by atoms with Crippen LogP contribution in [0.25, 0.3) is 0 Å². The van der Waals surface area contributed by atoms with E-state index in [1.54, 1.807) is 0 Å². The highest BCUT2D eigenvalue weighted by Crippen LogP contribution is 2.28. The quantitative estimate of drug-likeness (QED) is 0.831. The van der Waals surface area contributed by atoms with Gasteiger partial charge in [-0.15, -0.1) is 0 Å². The van der Waals surface area contributed by atoms with Crippen LogP contribution in [0.15, 0.2) is 0 Å². The number of hydrogen-bond acceptors (Lipinski definition) is 3. The molecule has 0 spiro atoms. The van der Waals surface area contributed by atoms with Gasteiger partial charge in [0, 0.05) is 43.7 Å². The average Bonchev–Trinajstić information content (AvgIpc) is 2.39. The van der Waals surface area contributed by atoms with E-state index in [-0.39, 0.29) is 5.41 Å². The van der Waals surface area contributed by atoms with Gasteiger partial charge in [-0.3, -0.25) is 9.80 Å². The van der Waals surface area contributed by atoms with E-state index in [4.69, 9.17) is 0 Å². The van der Waals surface area contributed by atoms with Crippen LogP contribution in [0.2, 0.25) is 0 Å². The zero-order valence-corrected chi connectivity index (χ0v) is 12.4. The number of nitrogens with zero attached hydrogens (tertiary/aromatic N) is 2. The molecule has 0 saturated carbocycles. The normalized spacial score (nSPS) is 34.0.